The van der Waals surface area contributed by atoms with Crippen molar-refractivity contribution in [1.82, 2.24) is 10.0 Å². The van der Waals surface area contributed by atoms with Crippen molar-refractivity contribution in [3.8, 4) is 0 Å². The molecule has 1 rings (SSSR count). The minimum absolute atomic E-state index is 0.135. The minimum Gasteiger partial charge on any atom is -0.468 e. The van der Waals surface area contributed by atoms with Crippen molar-refractivity contribution in [3.63, 3.8) is 0 Å². The van der Waals surface area contributed by atoms with Crippen LogP contribution in [0.5, 0.6) is 0 Å². The summed E-state index contributed by atoms with van der Waals surface area (Å²) in [4.78, 5) is 23.2. The van der Waals surface area contributed by atoms with E-state index in [1.54, 1.807) is 19.2 Å². The van der Waals surface area contributed by atoms with E-state index in [0.29, 0.717) is 6.42 Å². The lowest BCUT2D eigenvalue weighted by Gasteiger charge is -2.21. The third-order valence-electron chi connectivity index (χ3n) is 3.83. The van der Waals surface area contributed by atoms with E-state index in [9.17, 15) is 31.2 Å². The van der Waals surface area contributed by atoms with E-state index in [0.717, 1.165) is 31.4 Å². The number of hydrogen-bond donors (Lipinski definition) is 2. The summed E-state index contributed by atoms with van der Waals surface area (Å²) in [5.74, 6) is -2.06. The van der Waals surface area contributed by atoms with Crippen molar-refractivity contribution in [1.29, 1.82) is 0 Å². The maximum absolute atomic E-state index is 12.5. The zero-order chi connectivity index (χ0) is 20.8. The lowest BCUT2D eigenvalue weighted by Crippen LogP contribution is -2.45. The van der Waals surface area contributed by atoms with Crippen LogP contribution in [0.25, 0.3) is 0 Å². The van der Waals surface area contributed by atoms with Crippen LogP contribution in [0.2, 0.25) is 0 Å². The first kappa shape index (κ1) is 22.9. The number of halogens is 3. The van der Waals surface area contributed by atoms with E-state index >= 15 is 0 Å². The Hall–Kier alpha value is -2.14. The predicted molar refractivity (Wildman–Crippen MR) is 90.4 cm³/mol. The molecule has 0 unspecified atom stereocenters. The summed E-state index contributed by atoms with van der Waals surface area (Å²) < 4.78 is 68.1. The number of methoxy groups -OCH3 is 1. The fourth-order valence-electron chi connectivity index (χ4n) is 2.06. The van der Waals surface area contributed by atoms with Gasteiger partial charge >= 0.3 is 12.1 Å². The van der Waals surface area contributed by atoms with Gasteiger partial charge in [-0.05, 0) is 30.2 Å². The Morgan fingerprint density at radius 2 is 1.74 bits per heavy atom. The third-order valence-corrected chi connectivity index (χ3v) is 5.28. The number of carbonyl (C=O) groups is 2. The number of alkyl halides is 3. The monoisotopic (exact) mass is 410 g/mol. The Bertz CT molecular complexity index is 763. The molecule has 0 aliphatic carbocycles. The summed E-state index contributed by atoms with van der Waals surface area (Å²) >= 11 is 0. The smallest absolute Gasteiger partial charge is 0.405 e. The second kappa shape index (κ2) is 9.18. The van der Waals surface area contributed by atoms with Gasteiger partial charge in [0.15, 0.2) is 0 Å². The van der Waals surface area contributed by atoms with Gasteiger partial charge in [-0.15, -0.1) is 0 Å². The first-order valence-electron chi connectivity index (χ1n) is 7.96. The molecule has 0 bridgehead atoms. The van der Waals surface area contributed by atoms with Crippen LogP contribution in [0.3, 0.4) is 0 Å². The SMILES string of the molecule is CC[C@@H](C)[C@H](NS(=O)(=O)c1ccc(C(=O)NCC(F)(F)F)cc1)C(=O)OC. The lowest BCUT2D eigenvalue weighted by molar-refractivity contribution is -0.143. The van der Waals surface area contributed by atoms with E-state index in [2.05, 4.69) is 9.46 Å². The van der Waals surface area contributed by atoms with Crippen LogP contribution in [0.15, 0.2) is 29.2 Å². The zero-order valence-corrected chi connectivity index (χ0v) is 15.8. The number of amides is 1. The highest BCUT2D eigenvalue weighted by molar-refractivity contribution is 7.89. The Balaban J connectivity index is 2.95. The van der Waals surface area contributed by atoms with Crippen LogP contribution in [0, 0.1) is 5.92 Å². The van der Waals surface area contributed by atoms with Crippen LogP contribution < -0.4 is 10.0 Å². The molecule has 27 heavy (non-hydrogen) atoms. The Kier molecular flexibility index (Phi) is 7.78. The van der Waals surface area contributed by atoms with E-state index in [4.69, 9.17) is 0 Å². The largest absolute Gasteiger partial charge is 0.468 e. The molecule has 2 N–H and O–H groups in total. The van der Waals surface area contributed by atoms with Crippen molar-refractivity contribution in [2.24, 2.45) is 5.92 Å². The van der Waals surface area contributed by atoms with Gasteiger partial charge in [0, 0.05) is 5.56 Å². The Morgan fingerprint density at radius 1 is 1.19 bits per heavy atom. The zero-order valence-electron chi connectivity index (χ0n) is 15.0. The molecular weight excluding hydrogens is 389 g/mol. The first-order valence-corrected chi connectivity index (χ1v) is 9.44. The average Bonchev–Trinajstić information content (AvgIpc) is 2.62. The second-order valence-electron chi connectivity index (χ2n) is 5.83. The van der Waals surface area contributed by atoms with Gasteiger partial charge in [-0.2, -0.15) is 17.9 Å². The third kappa shape index (κ3) is 6.83. The number of carbonyl (C=O) groups excluding carboxylic acids is 2. The van der Waals surface area contributed by atoms with Crippen LogP contribution in [-0.2, 0) is 19.6 Å². The van der Waals surface area contributed by atoms with Gasteiger partial charge in [0.25, 0.3) is 5.91 Å². The van der Waals surface area contributed by atoms with Gasteiger partial charge in [0.05, 0.1) is 12.0 Å². The van der Waals surface area contributed by atoms with Gasteiger partial charge in [-0.1, -0.05) is 20.3 Å². The highest BCUT2D eigenvalue weighted by Gasteiger charge is 2.31. The van der Waals surface area contributed by atoms with Gasteiger partial charge < -0.3 is 10.1 Å². The maximum Gasteiger partial charge on any atom is 0.405 e. The molecule has 1 aromatic carbocycles. The number of hydrogen-bond acceptors (Lipinski definition) is 5. The van der Waals surface area contributed by atoms with Crippen molar-refractivity contribution in [2.75, 3.05) is 13.7 Å². The number of ether oxygens (including phenoxy) is 1. The quantitative estimate of drug-likeness (QED) is 0.637. The van der Waals surface area contributed by atoms with E-state index in [1.165, 1.54) is 0 Å². The lowest BCUT2D eigenvalue weighted by atomic mass is 10.0. The molecule has 0 spiro atoms. The van der Waals surface area contributed by atoms with Gasteiger partial charge in [0.2, 0.25) is 10.0 Å². The number of benzene rings is 1. The molecule has 0 heterocycles. The molecule has 11 heteroatoms. The van der Waals surface area contributed by atoms with Crippen LogP contribution in [0.1, 0.15) is 30.6 Å². The molecule has 7 nitrogen and oxygen atoms in total. The molecule has 152 valence electrons. The molecular formula is C16H21F3N2O5S. The summed E-state index contributed by atoms with van der Waals surface area (Å²) in [6, 6.07) is 3.19. The van der Waals surface area contributed by atoms with Crippen LogP contribution >= 0.6 is 0 Å². The Morgan fingerprint density at radius 3 is 2.19 bits per heavy atom. The van der Waals surface area contributed by atoms with E-state index in [1.807, 2.05) is 0 Å². The fraction of sp³-hybridized carbons (Fsp3) is 0.500. The predicted octanol–water partition coefficient (Wildman–Crippen LogP) is 1.84. The normalized spacial score (nSPS) is 14.3. The topological polar surface area (TPSA) is 102 Å². The Labute approximate surface area is 155 Å². The summed E-state index contributed by atoms with van der Waals surface area (Å²) in [6.07, 6.45) is -4.04. The van der Waals surface area contributed by atoms with E-state index < -0.39 is 40.7 Å². The molecule has 0 saturated heterocycles. The van der Waals surface area contributed by atoms with E-state index in [-0.39, 0.29) is 16.4 Å². The fourth-order valence-corrected chi connectivity index (χ4v) is 3.36. The number of esters is 1. The molecule has 0 aliphatic rings. The van der Waals surface area contributed by atoms with Gasteiger partial charge in [0.1, 0.15) is 12.6 Å². The molecule has 1 aromatic rings. The maximum atomic E-state index is 12.5. The van der Waals surface area contributed by atoms with Crippen molar-refractivity contribution < 1.29 is 35.9 Å². The molecule has 2 atom stereocenters. The first-order chi connectivity index (χ1) is 12.4. The van der Waals surface area contributed by atoms with Crippen molar-refractivity contribution in [3.05, 3.63) is 29.8 Å². The number of nitrogens with one attached hydrogen (secondary N) is 2. The highest BCUT2D eigenvalue weighted by atomic mass is 32.2. The summed E-state index contributed by atoms with van der Waals surface area (Å²) in [5.41, 5.74) is -0.135. The molecule has 0 saturated carbocycles. The summed E-state index contributed by atoms with van der Waals surface area (Å²) in [6.45, 7) is 1.96. The minimum atomic E-state index is -4.55. The summed E-state index contributed by atoms with van der Waals surface area (Å²) in [5, 5.41) is 1.68. The summed E-state index contributed by atoms with van der Waals surface area (Å²) in [7, 11) is -2.97. The number of rotatable bonds is 8. The molecule has 1 amide bonds. The standard InChI is InChI=1S/C16H21F3N2O5S/c1-4-10(2)13(15(23)26-3)21-27(24,25)12-7-5-11(6-8-12)14(22)20-9-16(17,18)19/h5-8,10,13,21H,4,9H2,1-3H3,(H,20,22)/t10-,13+/m1/s1. The van der Waals surface area contributed by atoms with Crippen LogP contribution in [-0.4, -0.2) is 46.2 Å². The van der Waals surface area contributed by atoms with Crippen molar-refractivity contribution >= 4 is 21.9 Å². The molecule has 0 aliphatic heterocycles. The second-order valence-corrected chi connectivity index (χ2v) is 7.54. The molecule has 0 fully saturated rings. The van der Waals surface area contributed by atoms with Crippen molar-refractivity contribution in [2.45, 2.75) is 37.4 Å². The molecule has 0 radical (unpaired) electrons. The molecule has 0 aromatic heterocycles. The highest BCUT2D eigenvalue weighted by Crippen LogP contribution is 2.16. The van der Waals surface area contributed by atoms with Gasteiger partial charge in [-0.3, -0.25) is 9.59 Å². The van der Waals surface area contributed by atoms with Gasteiger partial charge in [-0.25, -0.2) is 8.42 Å². The van der Waals surface area contributed by atoms with Crippen LogP contribution in [0.4, 0.5) is 13.2 Å². The average molecular weight is 410 g/mol. The number of sulfonamides is 1.